The molecule has 18 heavy (non-hydrogen) atoms. The standard InChI is InChI=1S/C13H19N3S2/c1-2-7-17-9-10(16-14)8-13-15-11-5-3-4-6-12(11)18-13/h3-6,10,16H,2,7-9,14H2,1H3. The Morgan fingerprint density at radius 2 is 2.28 bits per heavy atom. The second-order valence-electron chi connectivity index (χ2n) is 4.22. The van der Waals surface area contributed by atoms with Crippen LogP contribution in [0.25, 0.3) is 10.2 Å². The molecule has 0 saturated carbocycles. The summed E-state index contributed by atoms with van der Waals surface area (Å²) in [6.45, 7) is 2.20. The average molecular weight is 281 g/mol. The minimum atomic E-state index is 0.308. The molecule has 5 heteroatoms. The highest BCUT2D eigenvalue weighted by atomic mass is 32.2. The van der Waals surface area contributed by atoms with Gasteiger partial charge in [0.2, 0.25) is 0 Å². The first-order valence-corrected chi connectivity index (χ1v) is 8.19. The fourth-order valence-electron chi connectivity index (χ4n) is 1.75. The van der Waals surface area contributed by atoms with E-state index in [0.717, 1.165) is 22.7 Å². The summed E-state index contributed by atoms with van der Waals surface area (Å²) in [6, 6.07) is 8.57. The Morgan fingerprint density at radius 3 is 3.00 bits per heavy atom. The van der Waals surface area contributed by atoms with Gasteiger partial charge < -0.3 is 0 Å². The number of rotatable bonds is 7. The van der Waals surface area contributed by atoms with Gasteiger partial charge >= 0.3 is 0 Å². The van der Waals surface area contributed by atoms with Crippen LogP contribution in [0.3, 0.4) is 0 Å². The van der Waals surface area contributed by atoms with Crippen molar-refractivity contribution in [2.24, 2.45) is 5.84 Å². The molecule has 1 heterocycles. The molecule has 0 spiro atoms. The number of hydrogen-bond donors (Lipinski definition) is 2. The maximum absolute atomic E-state index is 5.61. The molecule has 0 aliphatic carbocycles. The van der Waals surface area contributed by atoms with Gasteiger partial charge in [-0.3, -0.25) is 11.3 Å². The van der Waals surface area contributed by atoms with Gasteiger partial charge in [-0.25, -0.2) is 4.98 Å². The van der Waals surface area contributed by atoms with Gasteiger partial charge in [0, 0.05) is 18.2 Å². The van der Waals surface area contributed by atoms with Crippen molar-refractivity contribution in [2.75, 3.05) is 11.5 Å². The Balaban J connectivity index is 1.97. The number of aromatic nitrogens is 1. The largest absolute Gasteiger partial charge is 0.271 e. The van der Waals surface area contributed by atoms with Crippen LogP contribution >= 0.6 is 23.1 Å². The third-order valence-corrected chi connectivity index (χ3v) is 5.06. The van der Waals surface area contributed by atoms with E-state index in [1.807, 2.05) is 17.8 Å². The summed E-state index contributed by atoms with van der Waals surface area (Å²) in [6.07, 6.45) is 2.12. The Hall–Kier alpha value is -0.620. The van der Waals surface area contributed by atoms with Gasteiger partial charge in [0.15, 0.2) is 0 Å². The first-order valence-electron chi connectivity index (χ1n) is 6.21. The zero-order valence-electron chi connectivity index (χ0n) is 10.6. The predicted molar refractivity (Wildman–Crippen MR) is 82.1 cm³/mol. The Morgan fingerprint density at radius 1 is 1.44 bits per heavy atom. The minimum absolute atomic E-state index is 0.308. The SMILES string of the molecule is CCCSCC(Cc1nc2ccccc2s1)NN. The van der Waals surface area contributed by atoms with Gasteiger partial charge in [-0.2, -0.15) is 11.8 Å². The normalized spacial score (nSPS) is 13.0. The molecule has 1 aromatic carbocycles. The summed E-state index contributed by atoms with van der Waals surface area (Å²) in [5.41, 5.74) is 3.99. The van der Waals surface area contributed by atoms with E-state index in [0.29, 0.717) is 6.04 Å². The lowest BCUT2D eigenvalue weighted by molar-refractivity contribution is 0.574. The van der Waals surface area contributed by atoms with Gasteiger partial charge in [-0.15, -0.1) is 11.3 Å². The molecule has 1 atom stereocenters. The third kappa shape index (κ3) is 3.68. The summed E-state index contributed by atoms with van der Waals surface area (Å²) in [5.74, 6) is 7.85. The van der Waals surface area contributed by atoms with Gasteiger partial charge in [0.1, 0.15) is 0 Å². The number of nitrogens with two attached hydrogens (primary N) is 1. The van der Waals surface area contributed by atoms with E-state index in [9.17, 15) is 0 Å². The third-order valence-electron chi connectivity index (χ3n) is 2.66. The van der Waals surface area contributed by atoms with E-state index >= 15 is 0 Å². The lowest BCUT2D eigenvalue weighted by Gasteiger charge is -2.13. The van der Waals surface area contributed by atoms with E-state index in [1.54, 1.807) is 11.3 Å². The molecule has 0 fully saturated rings. The van der Waals surface area contributed by atoms with Gasteiger partial charge in [0.25, 0.3) is 0 Å². The first-order chi connectivity index (χ1) is 8.83. The van der Waals surface area contributed by atoms with E-state index in [2.05, 4.69) is 35.5 Å². The topological polar surface area (TPSA) is 50.9 Å². The zero-order valence-corrected chi connectivity index (χ0v) is 12.2. The molecule has 2 aromatic rings. The van der Waals surface area contributed by atoms with Crippen LogP contribution in [-0.4, -0.2) is 22.5 Å². The number of nitrogens with one attached hydrogen (secondary N) is 1. The van der Waals surface area contributed by atoms with Crippen molar-refractivity contribution < 1.29 is 0 Å². The number of nitrogens with zero attached hydrogens (tertiary/aromatic N) is 1. The van der Waals surface area contributed by atoms with Crippen LogP contribution in [-0.2, 0) is 6.42 Å². The number of fused-ring (bicyclic) bond motifs is 1. The van der Waals surface area contributed by atoms with Crippen molar-refractivity contribution in [3.8, 4) is 0 Å². The molecule has 1 unspecified atom stereocenters. The predicted octanol–water partition coefficient (Wildman–Crippen LogP) is 2.81. The summed E-state index contributed by atoms with van der Waals surface area (Å²) < 4.78 is 1.25. The van der Waals surface area contributed by atoms with Crippen LogP contribution in [0.15, 0.2) is 24.3 Å². The van der Waals surface area contributed by atoms with Crippen LogP contribution < -0.4 is 11.3 Å². The van der Waals surface area contributed by atoms with Crippen molar-refractivity contribution in [1.29, 1.82) is 0 Å². The zero-order chi connectivity index (χ0) is 12.8. The van der Waals surface area contributed by atoms with Crippen LogP contribution in [0.1, 0.15) is 18.4 Å². The highest BCUT2D eigenvalue weighted by Gasteiger charge is 2.11. The Kier molecular flexibility index (Phi) is 5.44. The second kappa shape index (κ2) is 7.09. The van der Waals surface area contributed by atoms with E-state index < -0.39 is 0 Å². The van der Waals surface area contributed by atoms with Gasteiger partial charge in [-0.05, 0) is 24.3 Å². The maximum atomic E-state index is 5.61. The lowest BCUT2D eigenvalue weighted by Crippen LogP contribution is -2.38. The highest BCUT2D eigenvalue weighted by Crippen LogP contribution is 2.22. The van der Waals surface area contributed by atoms with E-state index in [1.165, 1.54) is 16.9 Å². The van der Waals surface area contributed by atoms with Crippen molar-refractivity contribution in [1.82, 2.24) is 10.4 Å². The quantitative estimate of drug-likeness (QED) is 0.465. The average Bonchev–Trinajstić information content (AvgIpc) is 2.80. The number of hydrazine groups is 1. The van der Waals surface area contributed by atoms with E-state index in [-0.39, 0.29) is 0 Å². The highest BCUT2D eigenvalue weighted by molar-refractivity contribution is 7.99. The molecule has 3 nitrogen and oxygen atoms in total. The molecule has 3 N–H and O–H groups in total. The monoisotopic (exact) mass is 281 g/mol. The molecule has 0 aliphatic heterocycles. The number of thiazole rings is 1. The molecule has 0 saturated heterocycles. The Labute approximate surface area is 116 Å². The van der Waals surface area contributed by atoms with E-state index in [4.69, 9.17) is 5.84 Å². The number of para-hydroxylation sites is 1. The smallest absolute Gasteiger partial charge is 0.0954 e. The van der Waals surface area contributed by atoms with Gasteiger partial charge in [-0.1, -0.05) is 19.1 Å². The van der Waals surface area contributed by atoms with Crippen LogP contribution in [0, 0.1) is 0 Å². The fourth-order valence-corrected chi connectivity index (χ4v) is 3.76. The van der Waals surface area contributed by atoms with Crippen LogP contribution in [0.4, 0.5) is 0 Å². The van der Waals surface area contributed by atoms with Crippen LogP contribution in [0.5, 0.6) is 0 Å². The van der Waals surface area contributed by atoms with Crippen molar-refractivity contribution in [2.45, 2.75) is 25.8 Å². The van der Waals surface area contributed by atoms with Crippen molar-refractivity contribution in [3.05, 3.63) is 29.3 Å². The molecule has 1 aromatic heterocycles. The second-order valence-corrected chi connectivity index (χ2v) is 6.48. The summed E-state index contributed by atoms with van der Waals surface area (Å²) >= 11 is 3.71. The maximum Gasteiger partial charge on any atom is 0.0954 e. The van der Waals surface area contributed by atoms with Crippen molar-refractivity contribution in [3.63, 3.8) is 0 Å². The molecule has 0 radical (unpaired) electrons. The summed E-state index contributed by atoms with van der Waals surface area (Å²) in [7, 11) is 0. The number of hydrogen-bond acceptors (Lipinski definition) is 5. The van der Waals surface area contributed by atoms with Gasteiger partial charge in [0.05, 0.1) is 15.2 Å². The first kappa shape index (κ1) is 13.8. The van der Waals surface area contributed by atoms with Crippen molar-refractivity contribution >= 4 is 33.3 Å². The molecule has 0 aliphatic rings. The Bertz CT molecular complexity index is 451. The summed E-state index contributed by atoms with van der Waals surface area (Å²) in [4.78, 5) is 4.64. The molecule has 0 bridgehead atoms. The fraction of sp³-hybridized carbons (Fsp3) is 0.462. The lowest BCUT2D eigenvalue weighted by atomic mass is 10.2. The number of benzene rings is 1. The molecule has 2 rings (SSSR count). The molecule has 0 amide bonds. The number of thioether (sulfide) groups is 1. The molecular formula is C13H19N3S2. The van der Waals surface area contributed by atoms with Crippen LogP contribution in [0.2, 0.25) is 0 Å². The molecule has 98 valence electrons. The minimum Gasteiger partial charge on any atom is -0.271 e. The molecular weight excluding hydrogens is 262 g/mol. The summed E-state index contributed by atoms with van der Waals surface area (Å²) in [5, 5.41) is 1.16.